The molecule has 0 saturated carbocycles. The second-order valence-electron chi connectivity index (χ2n) is 8.20. The van der Waals surface area contributed by atoms with Crippen LogP contribution in [0.4, 0.5) is 5.69 Å². The number of thiocarbonyl (C=S) groups is 1. The zero-order valence-electron chi connectivity index (χ0n) is 19.5. The molecule has 3 aromatic heterocycles. The first-order chi connectivity index (χ1) is 16.7. The van der Waals surface area contributed by atoms with Gasteiger partial charge in [0.2, 0.25) is 0 Å². The molecule has 0 saturated heterocycles. The Kier molecular flexibility index (Phi) is 8.46. The maximum Gasteiger partial charge on any atom is 0.170 e. The van der Waals surface area contributed by atoms with E-state index in [0.717, 1.165) is 41.1 Å². The minimum absolute atomic E-state index is 0.621. The highest BCUT2D eigenvalue weighted by Gasteiger charge is 2.15. The van der Waals surface area contributed by atoms with Gasteiger partial charge in [-0.3, -0.25) is 9.97 Å². The van der Waals surface area contributed by atoms with Gasteiger partial charge in [0.1, 0.15) is 11.4 Å². The van der Waals surface area contributed by atoms with Gasteiger partial charge in [-0.05, 0) is 61.1 Å². The van der Waals surface area contributed by atoms with Gasteiger partial charge in [-0.25, -0.2) is 9.97 Å². The maximum absolute atomic E-state index is 5.49. The summed E-state index contributed by atoms with van der Waals surface area (Å²) >= 11 is 5.49. The van der Waals surface area contributed by atoms with Crippen LogP contribution in [-0.4, -0.2) is 31.6 Å². The summed E-state index contributed by atoms with van der Waals surface area (Å²) in [6.45, 7) is 3.12. The molecule has 0 aliphatic heterocycles. The number of nitrogens with one attached hydrogen (secondary N) is 2. The zero-order chi connectivity index (χ0) is 23.6. The Hall–Kier alpha value is -3.45. The lowest BCUT2D eigenvalue weighted by atomic mass is 10.1. The van der Waals surface area contributed by atoms with Crippen LogP contribution in [0.3, 0.4) is 0 Å². The second kappa shape index (κ2) is 12.1. The first-order valence-corrected chi connectivity index (χ1v) is 12.3. The van der Waals surface area contributed by atoms with Crippen molar-refractivity contribution in [2.75, 3.05) is 11.9 Å². The molecule has 4 rings (SSSR count). The number of rotatable bonds is 10. The normalized spacial score (nSPS) is 10.9. The van der Waals surface area contributed by atoms with Crippen molar-refractivity contribution >= 4 is 34.1 Å². The maximum atomic E-state index is 5.49. The quantitative estimate of drug-likeness (QED) is 0.205. The van der Waals surface area contributed by atoms with Crippen molar-refractivity contribution in [2.45, 2.75) is 45.4 Å². The van der Waals surface area contributed by atoms with Gasteiger partial charge in [0.25, 0.3) is 0 Å². The van der Waals surface area contributed by atoms with E-state index in [-0.39, 0.29) is 0 Å². The number of fused-ring (bicyclic) bond motifs is 1. The third kappa shape index (κ3) is 6.32. The molecular formula is C27H30N6S. The topological polar surface area (TPSA) is 75.6 Å². The summed E-state index contributed by atoms with van der Waals surface area (Å²) in [4.78, 5) is 18.8. The highest BCUT2D eigenvalue weighted by molar-refractivity contribution is 7.80. The molecule has 174 valence electrons. The minimum Gasteiger partial charge on any atom is -0.362 e. The van der Waals surface area contributed by atoms with Crippen molar-refractivity contribution in [3.8, 4) is 22.8 Å². The van der Waals surface area contributed by atoms with Crippen LogP contribution in [0.2, 0.25) is 0 Å². The molecule has 0 radical (unpaired) electrons. The predicted molar refractivity (Wildman–Crippen MR) is 144 cm³/mol. The summed E-state index contributed by atoms with van der Waals surface area (Å²) in [5, 5.41) is 7.20. The van der Waals surface area contributed by atoms with Crippen molar-refractivity contribution < 1.29 is 0 Å². The molecule has 1 aromatic carbocycles. The first-order valence-electron chi connectivity index (χ1n) is 11.9. The van der Waals surface area contributed by atoms with E-state index in [0.29, 0.717) is 16.5 Å². The average molecular weight is 471 g/mol. The van der Waals surface area contributed by atoms with E-state index >= 15 is 0 Å². The average Bonchev–Trinajstić information content (AvgIpc) is 2.88. The third-order valence-corrected chi connectivity index (χ3v) is 5.80. The van der Waals surface area contributed by atoms with Gasteiger partial charge in [-0.15, -0.1) is 0 Å². The minimum atomic E-state index is 0.621. The summed E-state index contributed by atoms with van der Waals surface area (Å²) in [7, 11) is 0. The van der Waals surface area contributed by atoms with E-state index in [1.807, 2.05) is 54.6 Å². The van der Waals surface area contributed by atoms with E-state index in [1.165, 1.54) is 32.1 Å². The van der Waals surface area contributed by atoms with Crippen LogP contribution in [0.25, 0.3) is 33.8 Å². The molecule has 2 N–H and O–H groups in total. The highest BCUT2D eigenvalue weighted by atomic mass is 32.1. The van der Waals surface area contributed by atoms with Crippen molar-refractivity contribution in [1.29, 1.82) is 0 Å². The van der Waals surface area contributed by atoms with Gasteiger partial charge in [0.15, 0.2) is 5.11 Å². The number of nitrogens with zero attached hydrogens (tertiary/aromatic N) is 4. The monoisotopic (exact) mass is 470 g/mol. The largest absolute Gasteiger partial charge is 0.362 e. The molecule has 0 atom stereocenters. The smallest absolute Gasteiger partial charge is 0.170 e. The summed E-state index contributed by atoms with van der Waals surface area (Å²) in [6.07, 6.45) is 11.1. The van der Waals surface area contributed by atoms with E-state index in [2.05, 4.69) is 27.5 Å². The van der Waals surface area contributed by atoms with Crippen LogP contribution in [-0.2, 0) is 0 Å². The molecule has 0 bridgehead atoms. The van der Waals surface area contributed by atoms with Crippen LogP contribution in [0, 0.1) is 0 Å². The van der Waals surface area contributed by atoms with Gasteiger partial charge >= 0.3 is 0 Å². The van der Waals surface area contributed by atoms with E-state index < -0.39 is 0 Å². The number of anilines is 1. The Morgan fingerprint density at radius 2 is 1.41 bits per heavy atom. The van der Waals surface area contributed by atoms with E-state index in [4.69, 9.17) is 22.2 Å². The van der Waals surface area contributed by atoms with Crippen LogP contribution in [0.5, 0.6) is 0 Å². The molecule has 34 heavy (non-hydrogen) atoms. The molecule has 7 heteroatoms. The van der Waals surface area contributed by atoms with Gasteiger partial charge in [-0.2, -0.15) is 0 Å². The van der Waals surface area contributed by atoms with Gasteiger partial charge in [0.05, 0.1) is 22.4 Å². The molecule has 0 fully saturated rings. The Labute approximate surface area is 206 Å². The number of hydrogen-bond donors (Lipinski definition) is 2. The number of pyridine rings is 2. The summed E-state index contributed by atoms with van der Waals surface area (Å²) in [6, 6.07) is 17.4. The molecule has 4 aromatic rings. The predicted octanol–water partition coefficient (Wildman–Crippen LogP) is 6.40. The fourth-order valence-corrected chi connectivity index (χ4v) is 4.00. The molecule has 0 unspecified atom stereocenters. The van der Waals surface area contributed by atoms with Crippen LogP contribution in [0.1, 0.15) is 45.4 Å². The molecular weight excluding hydrogens is 440 g/mol. The summed E-state index contributed by atoms with van der Waals surface area (Å²) in [5.41, 5.74) is 5.36. The van der Waals surface area contributed by atoms with Crippen molar-refractivity contribution in [3.05, 3.63) is 67.0 Å². The molecule has 3 heterocycles. The summed E-state index contributed by atoms with van der Waals surface area (Å²) in [5.74, 6) is 0. The van der Waals surface area contributed by atoms with Crippen molar-refractivity contribution in [2.24, 2.45) is 0 Å². The number of aromatic nitrogens is 4. The Morgan fingerprint density at radius 3 is 2.06 bits per heavy atom. The molecule has 0 aliphatic carbocycles. The zero-order valence-corrected chi connectivity index (χ0v) is 20.3. The lowest BCUT2D eigenvalue weighted by molar-refractivity contribution is 0.603. The number of unbranched alkanes of at least 4 members (excludes halogenated alkanes) is 5. The van der Waals surface area contributed by atoms with Gasteiger partial charge in [0, 0.05) is 24.6 Å². The van der Waals surface area contributed by atoms with Gasteiger partial charge in [-0.1, -0.05) is 51.2 Å². The lowest BCUT2D eigenvalue weighted by Gasteiger charge is -2.12. The van der Waals surface area contributed by atoms with Crippen LogP contribution >= 0.6 is 12.2 Å². The fraction of sp³-hybridized carbons (Fsp3) is 0.296. The van der Waals surface area contributed by atoms with Gasteiger partial charge < -0.3 is 10.6 Å². The molecule has 6 nitrogen and oxygen atoms in total. The Bertz CT molecular complexity index is 1210. The number of hydrogen-bond acceptors (Lipinski definition) is 5. The SMILES string of the molecule is CCCCCCCCNC(=S)Nc1ccc2nc(-c3ccccn3)c(-c3ccccn3)nc2c1. The van der Waals surface area contributed by atoms with Crippen LogP contribution in [0.15, 0.2) is 67.0 Å². The molecule has 0 amide bonds. The van der Waals surface area contributed by atoms with E-state index in [1.54, 1.807) is 12.4 Å². The van der Waals surface area contributed by atoms with Crippen molar-refractivity contribution in [1.82, 2.24) is 25.3 Å². The number of benzene rings is 1. The third-order valence-electron chi connectivity index (χ3n) is 5.55. The van der Waals surface area contributed by atoms with Crippen molar-refractivity contribution in [3.63, 3.8) is 0 Å². The second-order valence-corrected chi connectivity index (χ2v) is 8.61. The standard InChI is InChI=1S/C27H30N6S/c1-2-3-4-5-6-9-18-30-27(34)31-20-14-15-21-24(19-20)33-26(23-13-8-11-17-29-23)25(32-21)22-12-7-10-16-28-22/h7-8,10-17,19H,2-6,9,18H2,1H3,(H2,30,31,34). The highest BCUT2D eigenvalue weighted by Crippen LogP contribution is 2.29. The molecule has 0 aliphatic rings. The fourth-order valence-electron chi connectivity index (χ4n) is 3.78. The lowest BCUT2D eigenvalue weighted by Crippen LogP contribution is -2.29. The Morgan fingerprint density at radius 1 is 0.765 bits per heavy atom. The first kappa shape index (κ1) is 23.7. The van der Waals surface area contributed by atoms with E-state index in [9.17, 15) is 0 Å². The summed E-state index contributed by atoms with van der Waals surface area (Å²) < 4.78 is 0. The Balaban J connectivity index is 1.50. The van der Waals surface area contributed by atoms with Crippen LogP contribution < -0.4 is 10.6 Å². The molecule has 0 spiro atoms.